The molecule has 1 aromatic rings. The summed E-state index contributed by atoms with van der Waals surface area (Å²) in [6.07, 6.45) is -0.659. The number of nitrogens with zero attached hydrogens (tertiary/aromatic N) is 3. The normalized spacial score (nSPS) is 19.3. The van der Waals surface area contributed by atoms with Crippen LogP contribution in [0, 0.1) is 0 Å². The van der Waals surface area contributed by atoms with Crippen LogP contribution in [0.25, 0.3) is 0 Å². The molecule has 5 nitrogen and oxygen atoms in total. The third-order valence-electron chi connectivity index (χ3n) is 3.22. The second-order valence-corrected chi connectivity index (χ2v) is 4.45. The van der Waals surface area contributed by atoms with Crippen molar-refractivity contribution < 1.29 is 23.1 Å². The number of rotatable bonds is 1. The number of carbonyl (C=O) groups is 1. The van der Waals surface area contributed by atoms with E-state index in [4.69, 9.17) is 0 Å². The Morgan fingerprint density at radius 2 is 1.79 bits per heavy atom. The molecule has 0 aliphatic carbocycles. The number of aliphatic hydroxyl groups is 1. The molecule has 0 bridgehead atoms. The van der Waals surface area contributed by atoms with E-state index < -0.39 is 17.7 Å². The van der Waals surface area contributed by atoms with Crippen LogP contribution in [0.3, 0.4) is 0 Å². The summed E-state index contributed by atoms with van der Waals surface area (Å²) >= 11 is 0. The fourth-order valence-corrected chi connectivity index (χ4v) is 2.09. The van der Waals surface area contributed by atoms with Crippen molar-refractivity contribution in [3.05, 3.63) is 24.3 Å². The number of hydrogen-bond acceptors (Lipinski definition) is 4. The van der Waals surface area contributed by atoms with Gasteiger partial charge in [0.25, 0.3) is 0 Å². The summed E-state index contributed by atoms with van der Waals surface area (Å²) in [5.74, 6) is -1.86. The topological polar surface area (TPSA) is 66.3 Å². The predicted octanol–water partition coefficient (Wildman–Crippen LogP) is 0.849. The SMILES string of the molecule is O=C(N1CCC(O)(c2cncnc2)CC1)C(F)(F)F. The highest BCUT2D eigenvalue weighted by Gasteiger charge is 2.45. The quantitative estimate of drug-likeness (QED) is 0.825. The van der Waals surface area contributed by atoms with Gasteiger partial charge in [-0.05, 0) is 12.8 Å². The summed E-state index contributed by atoms with van der Waals surface area (Å²) in [6, 6.07) is 0. The zero-order valence-corrected chi connectivity index (χ0v) is 9.89. The molecular weight excluding hydrogens is 263 g/mol. The van der Waals surface area contributed by atoms with E-state index in [-0.39, 0.29) is 25.9 Å². The van der Waals surface area contributed by atoms with Crippen LogP contribution in [-0.4, -0.2) is 45.1 Å². The van der Waals surface area contributed by atoms with Crippen LogP contribution in [0.5, 0.6) is 0 Å². The highest BCUT2D eigenvalue weighted by Crippen LogP contribution is 2.33. The Kier molecular flexibility index (Phi) is 3.44. The van der Waals surface area contributed by atoms with Crippen LogP contribution in [0.4, 0.5) is 13.2 Å². The Morgan fingerprint density at radius 3 is 2.26 bits per heavy atom. The first-order valence-electron chi connectivity index (χ1n) is 5.67. The zero-order valence-electron chi connectivity index (χ0n) is 9.89. The highest BCUT2D eigenvalue weighted by molar-refractivity contribution is 5.81. The van der Waals surface area contributed by atoms with Gasteiger partial charge >= 0.3 is 12.1 Å². The summed E-state index contributed by atoms with van der Waals surface area (Å²) < 4.78 is 36.8. The molecule has 8 heteroatoms. The molecule has 0 radical (unpaired) electrons. The highest BCUT2D eigenvalue weighted by atomic mass is 19.4. The number of alkyl halides is 3. The van der Waals surface area contributed by atoms with Crippen LogP contribution < -0.4 is 0 Å². The Hall–Kier alpha value is -1.70. The molecule has 2 heterocycles. The van der Waals surface area contributed by atoms with Gasteiger partial charge in [0.15, 0.2) is 0 Å². The van der Waals surface area contributed by atoms with Gasteiger partial charge in [-0.3, -0.25) is 4.79 Å². The lowest BCUT2D eigenvalue weighted by Gasteiger charge is -2.38. The fourth-order valence-electron chi connectivity index (χ4n) is 2.09. The van der Waals surface area contributed by atoms with E-state index in [9.17, 15) is 23.1 Å². The molecule has 0 atom stereocenters. The average Bonchev–Trinajstić information content (AvgIpc) is 2.39. The molecule has 1 fully saturated rings. The number of amides is 1. The van der Waals surface area contributed by atoms with Crippen LogP contribution in [-0.2, 0) is 10.4 Å². The molecule has 1 aliphatic heterocycles. The van der Waals surface area contributed by atoms with E-state index in [2.05, 4.69) is 9.97 Å². The number of carbonyl (C=O) groups excluding carboxylic acids is 1. The van der Waals surface area contributed by atoms with Gasteiger partial charge in [0.2, 0.25) is 0 Å². The lowest BCUT2D eigenvalue weighted by atomic mass is 9.86. The summed E-state index contributed by atoms with van der Waals surface area (Å²) in [6.45, 7) is -0.298. The third kappa shape index (κ3) is 2.83. The largest absolute Gasteiger partial charge is 0.471 e. The van der Waals surface area contributed by atoms with Crippen molar-refractivity contribution in [1.29, 1.82) is 0 Å². The number of likely N-dealkylation sites (tertiary alicyclic amines) is 1. The van der Waals surface area contributed by atoms with Crippen molar-refractivity contribution in [2.24, 2.45) is 0 Å². The van der Waals surface area contributed by atoms with Crippen molar-refractivity contribution in [3.63, 3.8) is 0 Å². The number of hydrogen-bond donors (Lipinski definition) is 1. The zero-order chi connectivity index (χ0) is 14.1. The van der Waals surface area contributed by atoms with Gasteiger partial charge in [0.05, 0.1) is 5.60 Å². The van der Waals surface area contributed by atoms with Gasteiger partial charge in [0, 0.05) is 31.0 Å². The maximum absolute atomic E-state index is 12.3. The molecular formula is C11H12F3N3O2. The van der Waals surface area contributed by atoms with Crippen LogP contribution in [0.15, 0.2) is 18.7 Å². The first-order valence-corrected chi connectivity index (χ1v) is 5.67. The van der Waals surface area contributed by atoms with Crippen LogP contribution >= 0.6 is 0 Å². The van der Waals surface area contributed by atoms with E-state index in [0.29, 0.717) is 10.5 Å². The first kappa shape index (κ1) is 13.7. The molecule has 2 rings (SSSR count). The first-order chi connectivity index (χ1) is 8.83. The van der Waals surface area contributed by atoms with E-state index in [1.807, 2.05) is 0 Å². The molecule has 1 aromatic heterocycles. The lowest BCUT2D eigenvalue weighted by molar-refractivity contribution is -0.188. The number of aromatic nitrogens is 2. The lowest BCUT2D eigenvalue weighted by Crippen LogP contribution is -2.49. The molecule has 104 valence electrons. The van der Waals surface area contributed by atoms with Gasteiger partial charge in [-0.25, -0.2) is 9.97 Å². The fraction of sp³-hybridized carbons (Fsp3) is 0.545. The minimum absolute atomic E-state index is 0.0300. The number of halogens is 3. The molecule has 19 heavy (non-hydrogen) atoms. The maximum Gasteiger partial charge on any atom is 0.471 e. The monoisotopic (exact) mass is 275 g/mol. The van der Waals surface area contributed by atoms with E-state index in [1.54, 1.807) is 0 Å². The minimum atomic E-state index is -4.87. The number of piperidine rings is 1. The van der Waals surface area contributed by atoms with Crippen molar-refractivity contribution in [2.75, 3.05) is 13.1 Å². The molecule has 1 saturated heterocycles. The van der Waals surface area contributed by atoms with Crippen LogP contribution in [0.1, 0.15) is 18.4 Å². The smallest absolute Gasteiger partial charge is 0.385 e. The van der Waals surface area contributed by atoms with Gasteiger partial charge in [-0.2, -0.15) is 13.2 Å². The predicted molar refractivity (Wildman–Crippen MR) is 57.8 cm³/mol. The average molecular weight is 275 g/mol. The molecule has 1 N–H and O–H groups in total. The van der Waals surface area contributed by atoms with Gasteiger partial charge in [-0.15, -0.1) is 0 Å². The summed E-state index contributed by atoms with van der Waals surface area (Å²) in [7, 11) is 0. The van der Waals surface area contributed by atoms with Crippen molar-refractivity contribution in [3.8, 4) is 0 Å². The Bertz CT molecular complexity index is 456. The molecule has 1 amide bonds. The van der Waals surface area contributed by atoms with Gasteiger partial charge in [-0.1, -0.05) is 0 Å². The Balaban J connectivity index is 2.05. The standard InChI is InChI=1S/C11H12F3N3O2/c12-11(13,14)9(18)17-3-1-10(19,2-4-17)8-5-15-7-16-6-8/h5-7,19H,1-4H2. The van der Waals surface area contributed by atoms with Crippen LogP contribution in [0.2, 0.25) is 0 Å². The molecule has 0 spiro atoms. The second kappa shape index (κ2) is 4.76. The van der Waals surface area contributed by atoms with E-state index >= 15 is 0 Å². The summed E-state index contributed by atoms with van der Waals surface area (Å²) in [5.41, 5.74) is -0.821. The molecule has 0 aromatic carbocycles. The summed E-state index contributed by atoms with van der Waals surface area (Å²) in [5, 5.41) is 10.3. The second-order valence-electron chi connectivity index (χ2n) is 4.45. The Morgan fingerprint density at radius 1 is 1.26 bits per heavy atom. The molecule has 0 unspecified atom stereocenters. The van der Waals surface area contributed by atoms with Gasteiger partial charge in [0.1, 0.15) is 6.33 Å². The van der Waals surface area contributed by atoms with Crippen molar-refractivity contribution >= 4 is 5.91 Å². The summed E-state index contributed by atoms with van der Waals surface area (Å²) in [4.78, 5) is 19.3. The van der Waals surface area contributed by atoms with Crippen molar-refractivity contribution in [1.82, 2.24) is 14.9 Å². The maximum atomic E-state index is 12.3. The Labute approximate surface area is 107 Å². The molecule has 0 saturated carbocycles. The van der Waals surface area contributed by atoms with Crippen molar-refractivity contribution in [2.45, 2.75) is 24.6 Å². The van der Waals surface area contributed by atoms with E-state index in [0.717, 1.165) is 0 Å². The van der Waals surface area contributed by atoms with Gasteiger partial charge < -0.3 is 10.0 Å². The third-order valence-corrected chi connectivity index (χ3v) is 3.22. The minimum Gasteiger partial charge on any atom is -0.385 e. The molecule has 1 aliphatic rings. The van der Waals surface area contributed by atoms with E-state index in [1.165, 1.54) is 18.7 Å².